The molecule has 150 valence electrons. The molecule has 3 N–H and O–H groups in total. The van der Waals surface area contributed by atoms with Gasteiger partial charge in [-0.15, -0.1) is 0 Å². The molecule has 0 atom stereocenters. The summed E-state index contributed by atoms with van der Waals surface area (Å²) < 4.78 is 0. The van der Waals surface area contributed by atoms with E-state index in [2.05, 4.69) is 27.4 Å². The van der Waals surface area contributed by atoms with Gasteiger partial charge in [-0.2, -0.15) is 0 Å². The number of piperidine rings is 1. The SMILES string of the molecule is NC1CCN(c2cc3ncnc(NCCc4ccccc4)c3cc2[N+](=O)[O-])CC1. The first kappa shape index (κ1) is 19.1. The summed E-state index contributed by atoms with van der Waals surface area (Å²) in [6, 6.07) is 13.7. The monoisotopic (exact) mass is 392 g/mol. The maximum atomic E-state index is 11.8. The molecule has 1 aliphatic heterocycles. The lowest BCUT2D eigenvalue weighted by Gasteiger charge is -2.31. The number of nitro groups is 1. The lowest BCUT2D eigenvalue weighted by molar-refractivity contribution is -0.384. The molecule has 2 heterocycles. The van der Waals surface area contributed by atoms with Gasteiger partial charge in [0.1, 0.15) is 17.8 Å². The zero-order valence-electron chi connectivity index (χ0n) is 16.1. The van der Waals surface area contributed by atoms with Crippen LogP contribution in [0.1, 0.15) is 18.4 Å². The molecule has 8 nitrogen and oxygen atoms in total. The lowest BCUT2D eigenvalue weighted by atomic mass is 10.0. The summed E-state index contributed by atoms with van der Waals surface area (Å²) in [7, 11) is 0. The van der Waals surface area contributed by atoms with Crippen LogP contribution >= 0.6 is 0 Å². The van der Waals surface area contributed by atoms with Crippen LogP contribution in [0.5, 0.6) is 0 Å². The Morgan fingerprint density at radius 1 is 1.17 bits per heavy atom. The van der Waals surface area contributed by atoms with Gasteiger partial charge in [0.25, 0.3) is 5.69 Å². The summed E-state index contributed by atoms with van der Waals surface area (Å²) in [5.41, 5.74) is 8.57. The van der Waals surface area contributed by atoms with Crippen molar-refractivity contribution in [3.8, 4) is 0 Å². The van der Waals surface area contributed by atoms with Crippen molar-refractivity contribution in [3.05, 3.63) is 64.5 Å². The van der Waals surface area contributed by atoms with Gasteiger partial charge in [0, 0.05) is 37.1 Å². The van der Waals surface area contributed by atoms with Crippen molar-refractivity contribution in [1.82, 2.24) is 9.97 Å². The number of nitrogens with two attached hydrogens (primary N) is 1. The minimum atomic E-state index is -0.329. The van der Waals surface area contributed by atoms with Crippen LogP contribution in [0.25, 0.3) is 10.9 Å². The predicted molar refractivity (Wildman–Crippen MR) is 114 cm³/mol. The highest BCUT2D eigenvalue weighted by molar-refractivity contribution is 5.94. The van der Waals surface area contributed by atoms with E-state index in [0.717, 1.165) is 19.3 Å². The van der Waals surface area contributed by atoms with Crippen molar-refractivity contribution in [1.29, 1.82) is 0 Å². The average molecular weight is 392 g/mol. The molecular formula is C21H24N6O2. The van der Waals surface area contributed by atoms with E-state index in [1.165, 1.54) is 11.9 Å². The molecule has 0 bridgehead atoms. The third-order valence-electron chi connectivity index (χ3n) is 5.36. The maximum absolute atomic E-state index is 11.8. The van der Waals surface area contributed by atoms with Gasteiger partial charge in [0.15, 0.2) is 0 Å². The van der Waals surface area contributed by atoms with Crippen LogP contribution in [0.3, 0.4) is 0 Å². The van der Waals surface area contributed by atoms with Crippen LogP contribution in [0.2, 0.25) is 0 Å². The molecule has 0 saturated carbocycles. The van der Waals surface area contributed by atoms with Crippen LogP contribution in [-0.2, 0) is 6.42 Å². The van der Waals surface area contributed by atoms with Crippen LogP contribution in [0.4, 0.5) is 17.2 Å². The van der Waals surface area contributed by atoms with Gasteiger partial charge >= 0.3 is 0 Å². The van der Waals surface area contributed by atoms with E-state index in [-0.39, 0.29) is 16.7 Å². The number of benzene rings is 2. The molecule has 1 aromatic heterocycles. The number of hydrogen-bond acceptors (Lipinski definition) is 7. The van der Waals surface area contributed by atoms with Gasteiger partial charge in [0.05, 0.1) is 10.4 Å². The zero-order valence-corrected chi connectivity index (χ0v) is 16.1. The number of fused-ring (bicyclic) bond motifs is 1. The van der Waals surface area contributed by atoms with Crippen LogP contribution < -0.4 is 16.0 Å². The Morgan fingerprint density at radius 2 is 1.93 bits per heavy atom. The highest BCUT2D eigenvalue weighted by Gasteiger charge is 2.25. The Kier molecular flexibility index (Phi) is 5.53. The topological polar surface area (TPSA) is 110 Å². The smallest absolute Gasteiger partial charge is 0.293 e. The molecule has 2 aromatic carbocycles. The molecule has 0 unspecified atom stereocenters. The predicted octanol–water partition coefficient (Wildman–Crippen LogP) is 3.12. The Balaban J connectivity index is 1.61. The molecule has 0 spiro atoms. The van der Waals surface area contributed by atoms with Crippen molar-refractivity contribution in [2.24, 2.45) is 5.73 Å². The number of anilines is 2. The molecule has 8 heteroatoms. The van der Waals surface area contributed by atoms with Gasteiger partial charge in [-0.05, 0) is 30.9 Å². The van der Waals surface area contributed by atoms with E-state index in [1.807, 2.05) is 23.1 Å². The highest BCUT2D eigenvalue weighted by atomic mass is 16.6. The van der Waals surface area contributed by atoms with Gasteiger partial charge in [-0.25, -0.2) is 9.97 Å². The molecule has 1 fully saturated rings. The first-order valence-electron chi connectivity index (χ1n) is 9.83. The van der Waals surface area contributed by atoms with Crippen molar-refractivity contribution in [3.63, 3.8) is 0 Å². The molecular weight excluding hydrogens is 368 g/mol. The van der Waals surface area contributed by atoms with Crippen LogP contribution in [-0.4, -0.2) is 40.6 Å². The first-order chi connectivity index (χ1) is 14.1. The summed E-state index contributed by atoms with van der Waals surface area (Å²) in [5, 5.41) is 15.7. The standard InChI is InChI=1S/C21H24N6O2/c22-16-7-10-26(11-8-16)19-13-18-17(12-20(19)27(28)29)21(25-14-24-18)23-9-6-15-4-2-1-3-5-15/h1-5,12-14,16H,6-11,22H2,(H,23,24,25). The van der Waals surface area contributed by atoms with E-state index in [4.69, 9.17) is 5.73 Å². The van der Waals surface area contributed by atoms with E-state index in [0.29, 0.717) is 42.0 Å². The molecule has 0 radical (unpaired) electrons. The molecule has 4 rings (SSSR count). The first-order valence-corrected chi connectivity index (χ1v) is 9.83. The second kappa shape index (κ2) is 8.40. The summed E-state index contributed by atoms with van der Waals surface area (Å²) in [6.07, 6.45) is 3.98. The molecule has 0 aliphatic carbocycles. The maximum Gasteiger partial charge on any atom is 0.293 e. The largest absolute Gasteiger partial charge is 0.369 e. The minimum absolute atomic E-state index is 0.0777. The average Bonchev–Trinajstić information content (AvgIpc) is 2.74. The van der Waals surface area contributed by atoms with E-state index in [1.54, 1.807) is 12.1 Å². The fraction of sp³-hybridized carbons (Fsp3) is 0.333. The van der Waals surface area contributed by atoms with Gasteiger partial charge in [-0.3, -0.25) is 10.1 Å². The fourth-order valence-corrected chi connectivity index (χ4v) is 3.73. The van der Waals surface area contributed by atoms with Crippen LogP contribution in [0.15, 0.2) is 48.8 Å². The summed E-state index contributed by atoms with van der Waals surface area (Å²) in [6.45, 7) is 2.09. The Hall–Kier alpha value is -3.26. The van der Waals surface area contributed by atoms with E-state index >= 15 is 0 Å². The summed E-state index contributed by atoms with van der Waals surface area (Å²) >= 11 is 0. The number of hydrogen-bond donors (Lipinski definition) is 2. The quantitative estimate of drug-likeness (QED) is 0.490. The number of nitrogens with one attached hydrogen (secondary N) is 1. The normalized spacial score (nSPS) is 14.9. The zero-order chi connectivity index (χ0) is 20.2. The number of nitro benzene ring substituents is 1. The van der Waals surface area contributed by atoms with E-state index < -0.39 is 0 Å². The summed E-state index contributed by atoms with van der Waals surface area (Å²) in [4.78, 5) is 22.1. The highest BCUT2D eigenvalue weighted by Crippen LogP contribution is 2.35. The Labute approximate surface area is 168 Å². The van der Waals surface area contributed by atoms with Crippen LogP contribution in [0, 0.1) is 10.1 Å². The minimum Gasteiger partial charge on any atom is -0.369 e. The molecule has 0 amide bonds. The summed E-state index contributed by atoms with van der Waals surface area (Å²) in [5.74, 6) is 0.612. The van der Waals surface area contributed by atoms with Gasteiger partial charge in [0.2, 0.25) is 0 Å². The second-order valence-corrected chi connectivity index (χ2v) is 7.32. The lowest BCUT2D eigenvalue weighted by Crippen LogP contribution is -2.39. The van der Waals surface area contributed by atoms with Crippen molar-refractivity contribution in [2.75, 3.05) is 29.9 Å². The number of nitrogens with zero attached hydrogens (tertiary/aromatic N) is 4. The third-order valence-corrected chi connectivity index (χ3v) is 5.36. The number of rotatable bonds is 6. The van der Waals surface area contributed by atoms with Gasteiger partial charge < -0.3 is 16.0 Å². The second-order valence-electron chi connectivity index (χ2n) is 7.32. The number of aromatic nitrogens is 2. The van der Waals surface area contributed by atoms with Crippen molar-refractivity contribution in [2.45, 2.75) is 25.3 Å². The van der Waals surface area contributed by atoms with E-state index in [9.17, 15) is 10.1 Å². The van der Waals surface area contributed by atoms with Crippen molar-refractivity contribution >= 4 is 28.1 Å². The Bertz CT molecular complexity index is 1000. The molecule has 3 aromatic rings. The fourth-order valence-electron chi connectivity index (χ4n) is 3.73. The Morgan fingerprint density at radius 3 is 2.66 bits per heavy atom. The molecule has 1 saturated heterocycles. The molecule has 29 heavy (non-hydrogen) atoms. The third kappa shape index (κ3) is 4.27. The van der Waals surface area contributed by atoms with Gasteiger partial charge in [-0.1, -0.05) is 30.3 Å². The molecule has 1 aliphatic rings. The van der Waals surface area contributed by atoms with Crippen molar-refractivity contribution < 1.29 is 4.92 Å².